The SMILES string of the molecule is CCN(CCC(=O)O)C(=O)c1sc(COc2ccc(Cl)cc2)nc1C. The van der Waals surface area contributed by atoms with Crippen LogP contribution in [0.3, 0.4) is 0 Å². The van der Waals surface area contributed by atoms with Gasteiger partial charge >= 0.3 is 5.97 Å². The number of carbonyl (C=O) groups is 2. The molecule has 0 radical (unpaired) electrons. The number of hydrogen-bond donors (Lipinski definition) is 1. The fourth-order valence-electron chi connectivity index (χ4n) is 2.17. The average molecular weight is 383 g/mol. The van der Waals surface area contributed by atoms with E-state index in [1.54, 1.807) is 31.2 Å². The fraction of sp³-hybridized carbons (Fsp3) is 0.353. The maximum atomic E-state index is 12.6. The van der Waals surface area contributed by atoms with E-state index in [9.17, 15) is 9.59 Å². The van der Waals surface area contributed by atoms with Crippen molar-refractivity contribution in [3.8, 4) is 5.75 Å². The number of aliphatic carboxylic acids is 1. The number of nitrogens with zero attached hydrogens (tertiary/aromatic N) is 2. The maximum absolute atomic E-state index is 12.6. The van der Waals surface area contributed by atoms with Crippen LogP contribution >= 0.6 is 22.9 Å². The van der Waals surface area contributed by atoms with Crippen LogP contribution in [-0.4, -0.2) is 40.0 Å². The van der Waals surface area contributed by atoms with Crippen LogP contribution in [0.1, 0.15) is 33.7 Å². The molecule has 1 N–H and O–H groups in total. The average Bonchev–Trinajstić information content (AvgIpc) is 2.95. The summed E-state index contributed by atoms with van der Waals surface area (Å²) in [5, 5.41) is 10.1. The molecule has 1 aromatic carbocycles. The van der Waals surface area contributed by atoms with Crippen LogP contribution in [0.2, 0.25) is 5.02 Å². The smallest absolute Gasteiger partial charge is 0.305 e. The summed E-state index contributed by atoms with van der Waals surface area (Å²) in [4.78, 5) is 29.7. The maximum Gasteiger partial charge on any atom is 0.305 e. The first-order valence-electron chi connectivity index (χ1n) is 7.76. The molecule has 6 nitrogen and oxygen atoms in total. The minimum Gasteiger partial charge on any atom is -0.486 e. The summed E-state index contributed by atoms with van der Waals surface area (Å²) in [5.74, 6) is -0.456. The molecule has 0 saturated carbocycles. The number of carbonyl (C=O) groups excluding carboxylic acids is 1. The monoisotopic (exact) mass is 382 g/mol. The normalized spacial score (nSPS) is 10.5. The summed E-state index contributed by atoms with van der Waals surface area (Å²) in [7, 11) is 0. The molecular weight excluding hydrogens is 364 g/mol. The molecule has 1 heterocycles. The van der Waals surface area contributed by atoms with Crippen molar-refractivity contribution in [2.75, 3.05) is 13.1 Å². The molecule has 134 valence electrons. The predicted molar refractivity (Wildman–Crippen MR) is 96.5 cm³/mol. The van der Waals surface area contributed by atoms with Crippen LogP contribution in [0.25, 0.3) is 0 Å². The highest BCUT2D eigenvalue weighted by Gasteiger charge is 2.21. The van der Waals surface area contributed by atoms with E-state index in [4.69, 9.17) is 21.4 Å². The Kier molecular flexibility index (Phi) is 6.78. The van der Waals surface area contributed by atoms with Crippen molar-refractivity contribution in [2.45, 2.75) is 26.9 Å². The number of carboxylic acids is 1. The standard InChI is InChI=1S/C17H19ClN2O4S/c1-3-20(9-8-15(21)22)17(23)16-11(2)19-14(25-16)10-24-13-6-4-12(18)5-7-13/h4-7H,3,8-10H2,1-2H3,(H,21,22). The van der Waals surface area contributed by atoms with Crippen molar-refractivity contribution in [1.82, 2.24) is 9.88 Å². The molecule has 0 spiro atoms. The highest BCUT2D eigenvalue weighted by molar-refractivity contribution is 7.13. The second-order valence-corrected chi connectivity index (χ2v) is 6.81. The summed E-state index contributed by atoms with van der Waals surface area (Å²) in [6.45, 7) is 4.46. The van der Waals surface area contributed by atoms with Gasteiger partial charge in [0, 0.05) is 18.1 Å². The number of aromatic nitrogens is 1. The zero-order chi connectivity index (χ0) is 18.4. The van der Waals surface area contributed by atoms with Gasteiger partial charge in [-0.25, -0.2) is 4.98 Å². The molecule has 25 heavy (non-hydrogen) atoms. The van der Waals surface area contributed by atoms with Crippen LogP contribution in [-0.2, 0) is 11.4 Å². The first kappa shape index (κ1) is 19.2. The third kappa shape index (κ3) is 5.44. The van der Waals surface area contributed by atoms with Gasteiger partial charge in [-0.05, 0) is 38.1 Å². The first-order chi connectivity index (χ1) is 11.9. The van der Waals surface area contributed by atoms with E-state index in [2.05, 4.69) is 4.98 Å². The second kappa shape index (κ2) is 8.82. The number of rotatable bonds is 8. The van der Waals surface area contributed by atoms with Gasteiger partial charge in [-0.1, -0.05) is 11.6 Å². The Bertz CT molecular complexity index is 746. The van der Waals surface area contributed by atoms with Gasteiger partial charge < -0.3 is 14.7 Å². The Morgan fingerprint density at radius 1 is 1.32 bits per heavy atom. The summed E-state index contributed by atoms with van der Waals surface area (Å²) in [6, 6.07) is 7.00. The van der Waals surface area contributed by atoms with Crippen molar-refractivity contribution in [2.24, 2.45) is 0 Å². The highest BCUT2D eigenvalue weighted by atomic mass is 35.5. The van der Waals surface area contributed by atoms with Gasteiger partial charge in [-0.3, -0.25) is 9.59 Å². The Morgan fingerprint density at radius 2 is 2.00 bits per heavy atom. The molecule has 0 fully saturated rings. The van der Waals surface area contributed by atoms with Gasteiger partial charge in [0.25, 0.3) is 5.91 Å². The van der Waals surface area contributed by atoms with E-state index >= 15 is 0 Å². The van der Waals surface area contributed by atoms with Gasteiger partial charge in [-0.2, -0.15) is 0 Å². The molecule has 0 aliphatic rings. The molecular formula is C17H19ClN2O4S. The zero-order valence-corrected chi connectivity index (χ0v) is 15.6. The Balaban J connectivity index is 2.03. The lowest BCUT2D eigenvalue weighted by molar-refractivity contribution is -0.137. The molecule has 0 saturated heterocycles. The van der Waals surface area contributed by atoms with Gasteiger partial charge in [0.2, 0.25) is 0 Å². The second-order valence-electron chi connectivity index (χ2n) is 5.29. The van der Waals surface area contributed by atoms with Gasteiger partial charge in [0.15, 0.2) is 0 Å². The lowest BCUT2D eigenvalue weighted by atomic mass is 10.3. The van der Waals surface area contributed by atoms with Crippen molar-refractivity contribution in [1.29, 1.82) is 0 Å². The lowest BCUT2D eigenvalue weighted by Gasteiger charge is -2.19. The van der Waals surface area contributed by atoms with Crippen LogP contribution in [0.4, 0.5) is 0 Å². The topological polar surface area (TPSA) is 79.7 Å². The van der Waals surface area contributed by atoms with Gasteiger partial charge in [0.05, 0.1) is 12.1 Å². The molecule has 1 amide bonds. The summed E-state index contributed by atoms with van der Waals surface area (Å²) >= 11 is 7.10. The number of amides is 1. The van der Waals surface area contributed by atoms with E-state index in [0.717, 1.165) is 0 Å². The van der Waals surface area contributed by atoms with Gasteiger partial charge in [-0.15, -0.1) is 11.3 Å². The largest absolute Gasteiger partial charge is 0.486 e. The number of ether oxygens (including phenoxy) is 1. The third-order valence-electron chi connectivity index (χ3n) is 3.48. The number of hydrogen-bond acceptors (Lipinski definition) is 5. The number of aryl methyl sites for hydroxylation is 1. The molecule has 0 atom stereocenters. The van der Waals surface area contributed by atoms with Crippen molar-refractivity contribution in [3.05, 3.63) is 44.9 Å². The van der Waals surface area contributed by atoms with E-state index in [1.165, 1.54) is 16.2 Å². The molecule has 0 aliphatic carbocycles. The molecule has 2 rings (SSSR count). The number of halogens is 1. The summed E-state index contributed by atoms with van der Waals surface area (Å²) in [6.07, 6.45) is -0.0794. The van der Waals surface area contributed by atoms with Crippen LogP contribution in [0, 0.1) is 6.92 Å². The third-order valence-corrected chi connectivity index (χ3v) is 4.85. The molecule has 0 bridgehead atoms. The van der Waals surface area contributed by atoms with Crippen LogP contribution in [0.15, 0.2) is 24.3 Å². The zero-order valence-electron chi connectivity index (χ0n) is 14.0. The number of thiazole rings is 1. The van der Waals surface area contributed by atoms with Gasteiger partial charge in [0.1, 0.15) is 22.2 Å². The fourth-order valence-corrected chi connectivity index (χ4v) is 3.24. The van der Waals surface area contributed by atoms with E-state index in [-0.39, 0.29) is 25.5 Å². The molecule has 1 aromatic heterocycles. The van der Waals surface area contributed by atoms with Crippen LogP contribution < -0.4 is 4.74 Å². The molecule has 0 aliphatic heterocycles. The molecule has 2 aromatic rings. The predicted octanol–water partition coefficient (Wildman–Crippen LogP) is 3.62. The Hall–Kier alpha value is -2.12. The summed E-state index contributed by atoms with van der Waals surface area (Å²) in [5.41, 5.74) is 0.624. The summed E-state index contributed by atoms with van der Waals surface area (Å²) < 4.78 is 5.65. The van der Waals surface area contributed by atoms with Crippen LogP contribution in [0.5, 0.6) is 5.75 Å². The Labute approximate surface area is 155 Å². The van der Waals surface area contributed by atoms with E-state index in [1.807, 2.05) is 6.92 Å². The van der Waals surface area contributed by atoms with Crippen molar-refractivity contribution < 1.29 is 19.4 Å². The highest BCUT2D eigenvalue weighted by Crippen LogP contribution is 2.23. The lowest BCUT2D eigenvalue weighted by Crippen LogP contribution is -2.32. The minimum atomic E-state index is -0.927. The van der Waals surface area contributed by atoms with E-state index in [0.29, 0.717) is 32.9 Å². The van der Waals surface area contributed by atoms with Crippen molar-refractivity contribution >= 4 is 34.8 Å². The Morgan fingerprint density at radius 3 is 2.60 bits per heavy atom. The number of benzene rings is 1. The molecule has 0 unspecified atom stereocenters. The number of carboxylic acid groups (broad SMARTS) is 1. The minimum absolute atomic E-state index is 0.0794. The van der Waals surface area contributed by atoms with E-state index < -0.39 is 5.97 Å². The quantitative estimate of drug-likeness (QED) is 0.754. The molecule has 8 heteroatoms. The first-order valence-corrected chi connectivity index (χ1v) is 8.96. The van der Waals surface area contributed by atoms with Crippen molar-refractivity contribution in [3.63, 3.8) is 0 Å².